The molecule has 4 rings (SSSR count). The van der Waals surface area contributed by atoms with E-state index < -0.39 is 6.10 Å². The minimum Gasteiger partial charge on any atom is -0.386 e. The first-order valence-corrected chi connectivity index (χ1v) is 9.58. The summed E-state index contributed by atoms with van der Waals surface area (Å²) < 4.78 is 1.48. The van der Waals surface area contributed by atoms with Crippen LogP contribution in [0.1, 0.15) is 27.7 Å². The van der Waals surface area contributed by atoms with E-state index >= 15 is 0 Å². The second-order valence-corrected chi connectivity index (χ2v) is 7.04. The molecule has 138 valence electrons. The standard InChI is InChI=1S/C19H19N5O2S/c25-18(14-6-8-27-12-14)11-24-10-17(22-23-24)19(26)20-7-5-13-9-21-16-4-2-1-3-15(13)16/h1-4,6,8-10,12,18,21,25H,5,7,11H2,(H,20,26)/t18-/m1/s1. The third-order valence-corrected chi connectivity index (χ3v) is 5.12. The smallest absolute Gasteiger partial charge is 0.273 e. The highest BCUT2D eigenvalue weighted by Gasteiger charge is 2.14. The number of amides is 1. The van der Waals surface area contributed by atoms with Crippen molar-refractivity contribution in [1.29, 1.82) is 0 Å². The van der Waals surface area contributed by atoms with E-state index in [0.717, 1.165) is 23.1 Å². The van der Waals surface area contributed by atoms with E-state index in [1.54, 1.807) is 6.20 Å². The van der Waals surface area contributed by atoms with E-state index in [0.29, 0.717) is 6.54 Å². The van der Waals surface area contributed by atoms with Crippen molar-refractivity contribution in [2.24, 2.45) is 0 Å². The SMILES string of the molecule is O=C(NCCc1c[nH]c2ccccc12)c1cn(C[C@@H](O)c2ccsc2)nn1. The maximum Gasteiger partial charge on any atom is 0.273 e. The Bertz CT molecular complexity index is 1040. The summed E-state index contributed by atoms with van der Waals surface area (Å²) in [6.07, 6.45) is 3.58. The maximum absolute atomic E-state index is 12.3. The van der Waals surface area contributed by atoms with Gasteiger partial charge in [-0.25, -0.2) is 4.68 Å². The second-order valence-electron chi connectivity index (χ2n) is 6.26. The Morgan fingerprint density at radius 3 is 3.07 bits per heavy atom. The van der Waals surface area contributed by atoms with Crippen LogP contribution < -0.4 is 5.32 Å². The van der Waals surface area contributed by atoms with E-state index in [1.165, 1.54) is 21.4 Å². The van der Waals surface area contributed by atoms with Crippen LogP contribution in [0.2, 0.25) is 0 Å². The molecule has 0 bridgehead atoms. The molecule has 3 aromatic heterocycles. The topological polar surface area (TPSA) is 95.8 Å². The number of aromatic amines is 1. The van der Waals surface area contributed by atoms with E-state index in [2.05, 4.69) is 26.7 Å². The summed E-state index contributed by atoms with van der Waals surface area (Å²) in [7, 11) is 0. The van der Waals surface area contributed by atoms with Gasteiger partial charge in [-0.3, -0.25) is 4.79 Å². The Kier molecular flexibility index (Phi) is 4.99. The molecule has 0 saturated heterocycles. The molecule has 0 aliphatic rings. The number of thiophene rings is 1. The molecule has 0 unspecified atom stereocenters. The fourth-order valence-electron chi connectivity index (χ4n) is 2.98. The van der Waals surface area contributed by atoms with E-state index in [-0.39, 0.29) is 18.1 Å². The number of para-hydroxylation sites is 1. The lowest BCUT2D eigenvalue weighted by Gasteiger charge is -2.07. The van der Waals surface area contributed by atoms with Gasteiger partial charge in [0.2, 0.25) is 0 Å². The third-order valence-electron chi connectivity index (χ3n) is 4.41. The molecule has 0 fully saturated rings. The highest BCUT2D eigenvalue weighted by atomic mass is 32.1. The van der Waals surface area contributed by atoms with Crippen LogP contribution >= 0.6 is 11.3 Å². The van der Waals surface area contributed by atoms with Crippen LogP contribution in [0.5, 0.6) is 0 Å². The summed E-state index contributed by atoms with van der Waals surface area (Å²) in [5.74, 6) is -0.272. The molecule has 0 radical (unpaired) electrons. The third kappa shape index (κ3) is 3.91. The average molecular weight is 381 g/mol. The molecule has 7 nitrogen and oxygen atoms in total. The van der Waals surface area contributed by atoms with Gasteiger partial charge in [-0.1, -0.05) is 23.4 Å². The molecular formula is C19H19N5O2S. The predicted molar refractivity (Wildman–Crippen MR) is 104 cm³/mol. The van der Waals surface area contributed by atoms with Crippen molar-refractivity contribution in [3.63, 3.8) is 0 Å². The fraction of sp³-hybridized carbons (Fsp3) is 0.211. The first kappa shape index (κ1) is 17.4. The zero-order valence-corrected chi connectivity index (χ0v) is 15.3. The lowest BCUT2D eigenvalue weighted by Crippen LogP contribution is -2.26. The zero-order chi connectivity index (χ0) is 18.6. The van der Waals surface area contributed by atoms with E-state index in [9.17, 15) is 9.90 Å². The van der Waals surface area contributed by atoms with Gasteiger partial charge in [0.15, 0.2) is 5.69 Å². The fourth-order valence-corrected chi connectivity index (χ4v) is 3.69. The van der Waals surface area contributed by atoms with Crippen molar-refractivity contribution >= 4 is 28.1 Å². The molecule has 8 heteroatoms. The van der Waals surface area contributed by atoms with Crippen LogP contribution in [0.15, 0.2) is 53.5 Å². The Morgan fingerprint density at radius 1 is 1.33 bits per heavy atom. The van der Waals surface area contributed by atoms with Gasteiger partial charge >= 0.3 is 0 Å². The summed E-state index contributed by atoms with van der Waals surface area (Å²) >= 11 is 1.53. The number of benzene rings is 1. The number of hydrogen-bond acceptors (Lipinski definition) is 5. The Labute approximate surface area is 159 Å². The molecule has 0 aliphatic carbocycles. The maximum atomic E-state index is 12.3. The van der Waals surface area contributed by atoms with Crippen LogP contribution in [0.4, 0.5) is 0 Å². The van der Waals surface area contributed by atoms with Crippen molar-refractivity contribution in [3.05, 3.63) is 70.3 Å². The van der Waals surface area contributed by atoms with Crippen LogP contribution in [0.3, 0.4) is 0 Å². The number of carbonyl (C=O) groups excluding carboxylic acids is 1. The van der Waals surface area contributed by atoms with Gasteiger partial charge in [0.25, 0.3) is 5.91 Å². The lowest BCUT2D eigenvalue weighted by molar-refractivity contribution is 0.0949. The average Bonchev–Trinajstić information content (AvgIpc) is 3.43. The summed E-state index contributed by atoms with van der Waals surface area (Å²) in [5, 5.41) is 25.8. The summed E-state index contributed by atoms with van der Waals surface area (Å²) in [4.78, 5) is 15.5. The summed E-state index contributed by atoms with van der Waals surface area (Å²) in [6.45, 7) is 0.761. The number of H-pyrrole nitrogens is 1. The van der Waals surface area contributed by atoms with E-state index in [4.69, 9.17) is 0 Å². The number of nitrogens with one attached hydrogen (secondary N) is 2. The highest BCUT2D eigenvalue weighted by molar-refractivity contribution is 7.07. The van der Waals surface area contributed by atoms with Gasteiger partial charge < -0.3 is 15.4 Å². The van der Waals surface area contributed by atoms with Gasteiger partial charge in [-0.05, 0) is 40.4 Å². The molecule has 1 amide bonds. The van der Waals surface area contributed by atoms with Crippen LogP contribution in [0.25, 0.3) is 10.9 Å². The first-order valence-electron chi connectivity index (χ1n) is 8.64. The van der Waals surface area contributed by atoms with Crippen molar-refractivity contribution in [1.82, 2.24) is 25.3 Å². The van der Waals surface area contributed by atoms with E-state index in [1.807, 2.05) is 41.2 Å². The Morgan fingerprint density at radius 2 is 2.22 bits per heavy atom. The molecular weight excluding hydrogens is 362 g/mol. The first-order chi connectivity index (χ1) is 13.2. The second kappa shape index (κ2) is 7.73. The lowest BCUT2D eigenvalue weighted by atomic mass is 10.1. The van der Waals surface area contributed by atoms with Gasteiger partial charge in [0, 0.05) is 23.6 Å². The molecule has 1 aromatic carbocycles. The molecule has 0 spiro atoms. The quantitative estimate of drug-likeness (QED) is 0.458. The number of aromatic nitrogens is 4. The minimum absolute atomic E-state index is 0.242. The monoisotopic (exact) mass is 381 g/mol. The van der Waals surface area contributed by atoms with Crippen molar-refractivity contribution in [3.8, 4) is 0 Å². The molecule has 3 N–H and O–H groups in total. The summed E-state index contributed by atoms with van der Waals surface area (Å²) in [5.41, 5.74) is 3.33. The predicted octanol–water partition coefficient (Wildman–Crippen LogP) is 2.53. The Hall–Kier alpha value is -2.97. The van der Waals surface area contributed by atoms with Crippen LogP contribution in [-0.2, 0) is 13.0 Å². The largest absolute Gasteiger partial charge is 0.386 e. The Balaban J connectivity index is 1.31. The van der Waals surface area contributed by atoms with Crippen LogP contribution in [0, 0.1) is 0 Å². The molecule has 0 saturated carbocycles. The van der Waals surface area contributed by atoms with Gasteiger partial charge in [-0.15, -0.1) is 5.10 Å². The number of nitrogens with zero attached hydrogens (tertiary/aromatic N) is 3. The van der Waals surface area contributed by atoms with Gasteiger partial charge in [0.05, 0.1) is 18.8 Å². The normalized spacial score (nSPS) is 12.3. The number of hydrogen-bond donors (Lipinski definition) is 3. The number of fused-ring (bicyclic) bond motifs is 1. The van der Waals surface area contributed by atoms with Crippen LogP contribution in [-0.4, -0.2) is 37.5 Å². The van der Waals surface area contributed by atoms with Gasteiger partial charge in [-0.2, -0.15) is 11.3 Å². The zero-order valence-electron chi connectivity index (χ0n) is 14.5. The van der Waals surface area contributed by atoms with Crippen molar-refractivity contribution in [2.75, 3.05) is 6.54 Å². The minimum atomic E-state index is -0.671. The van der Waals surface area contributed by atoms with Gasteiger partial charge in [0.1, 0.15) is 0 Å². The molecule has 3 heterocycles. The van der Waals surface area contributed by atoms with Crippen molar-refractivity contribution < 1.29 is 9.90 Å². The highest BCUT2D eigenvalue weighted by Crippen LogP contribution is 2.18. The molecule has 27 heavy (non-hydrogen) atoms. The summed E-state index contributed by atoms with van der Waals surface area (Å²) in [6, 6.07) is 9.95. The number of aliphatic hydroxyl groups is 1. The molecule has 0 aliphatic heterocycles. The number of carbonyl (C=O) groups is 1. The number of rotatable bonds is 7. The molecule has 1 atom stereocenters. The van der Waals surface area contributed by atoms with Crippen molar-refractivity contribution in [2.45, 2.75) is 19.1 Å². The number of aliphatic hydroxyl groups excluding tert-OH is 1. The molecule has 4 aromatic rings.